The molecule has 0 aromatic heterocycles. The number of carbonyl (C=O) groups is 2. The topological polar surface area (TPSA) is 81.7 Å². The maximum Gasteiger partial charge on any atom is 0.335 e. The Bertz CT molecular complexity index is 848. The molecule has 0 radical (unpaired) electrons. The van der Waals surface area contributed by atoms with Crippen LogP contribution in [0.15, 0.2) is 42.5 Å². The van der Waals surface area contributed by atoms with Crippen molar-refractivity contribution < 1.29 is 14.7 Å². The number of rotatable bonds is 6. The van der Waals surface area contributed by atoms with Gasteiger partial charge in [0.15, 0.2) is 0 Å². The van der Waals surface area contributed by atoms with Gasteiger partial charge in [0.25, 0.3) is 5.91 Å². The van der Waals surface area contributed by atoms with Gasteiger partial charge in [0.05, 0.1) is 11.1 Å². The number of carboxylic acid groups (broad SMARTS) is 1. The molecule has 1 fully saturated rings. The SMILES string of the molecule is CC(NNC(=O)c1cc(Cl)ccc1N1CCCCC1)c1ccc(C(=O)O)cc1. The highest BCUT2D eigenvalue weighted by Gasteiger charge is 2.19. The van der Waals surface area contributed by atoms with E-state index in [0.29, 0.717) is 10.6 Å². The number of anilines is 1. The Hall–Kier alpha value is -2.57. The molecule has 1 aliphatic rings. The van der Waals surface area contributed by atoms with E-state index in [-0.39, 0.29) is 17.5 Å². The summed E-state index contributed by atoms with van der Waals surface area (Å²) in [6.45, 7) is 3.75. The van der Waals surface area contributed by atoms with Gasteiger partial charge in [-0.25, -0.2) is 10.2 Å². The first kappa shape index (κ1) is 20.2. The van der Waals surface area contributed by atoms with Gasteiger partial charge in [-0.15, -0.1) is 0 Å². The lowest BCUT2D eigenvalue weighted by molar-refractivity contribution is 0.0696. The summed E-state index contributed by atoms with van der Waals surface area (Å²) in [6, 6.07) is 11.8. The molecular formula is C21H24ClN3O3. The van der Waals surface area contributed by atoms with Crippen LogP contribution in [-0.2, 0) is 0 Å². The van der Waals surface area contributed by atoms with E-state index in [1.54, 1.807) is 30.3 Å². The number of piperidine rings is 1. The molecule has 0 spiro atoms. The molecule has 0 aliphatic carbocycles. The van der Waals surface area contributed by atoms with Crippen molar-refractivity contribution in [2.75, 3.05) is 18.0 Å². The number of nitrogens with zero attached hydrogens (tertiary/aromatic N) is 1. The number of carboxylic acids is 1. The quantitative estimate of drug-likeness (QED) is 0.637. The van der Waals surface area contributed by atoms with Crippen molar-refractivity contribution in [3.8, 4) is 0 Å². The fourth-order valence-corrected chi connectivity index (χ4v) is 3.51. The van der Waals surface area contributed by atoms with Crippen molar-refractivity contribution in [3.05, 3.63) is 64.2 Å². The van der Waals surface area contributed by atoms with Crippen LogP contribution in [0.2, 0.25) is 5.02 Å². The Balaban J connectivity index is 1.68. The molecule has 1 amide bonds. The fourth-order valence-electron chi connectivity index (χ4n) is 3.34. The van der Waals surface area contributed by atoms with Crippen LogP contribution in [0.5, 0.6) is 0 Å². The van der Waals surface area contributed by atoms with Crippen LogP contribution >= 0.6 is 11.6 Å². The van der Waals surface area contributed by atoms with Crippen molar-refractivity contribution in [2.45, 2.75) is 32.2 Å². The lowest BCUT2D eigenvalue weighted by atomic mass is 10.1. The number of hydrazine groups is 1. The number of halogens is 1. The molecule has 148 valence electrons. The summed E-state index contributed by atoms with van der Waals surface area (Å²) in [5, 5.41) is 9.50. The molecule has 0 saturated carbocycles. The third kappa shape index (κ3) is 4.82. The van der Waals surface area contributed by atoms with Gasteiger partial charge in [0, 0.05) is 29.8 Å². The molecule has 1 unspecified atom stereocenters. The van der Waals surface area contributed by atoms with E-state index < -0.39 is 5.97 Å². The molecule has 1 atom stereocenters. The van der Waals surface area contributed by atoms with Crippen molar-refractivity contribution >= 4 is 29.2 Å². The third-order valence-corrected chi connectivity index (χ3v) is 5.19. The zero-order valence-electron chi connectivity index (χ0n) is 15.7. The normalized spacial score (nSPS) is 15.1. The minimum absolute atomic E-state index is 0.190. The zero-order chi connectivity index (χ0) is 20.1. The average Bonchev–Trinajstić information content (AvgIpc) is 2.72. The van der Waals surface area contributed by atoms with E-state index in [1.165, 1.54) is 6.42 Å². The maximum absolute atomic E-state index is 12.8. The van der Waals surface area contributed by atoms with Crippen molar-refractivity contribution in [2.24, 2.45) is 0 Å². The van der Waals surface area contributed by atoms with Gasteiger partial charge in [-0.2, -0.15) is 0 Å². The van der Waals surface area contributed by atoms with Gasteiger partial charge >= 0.3 is 5.97 Å². The lowest BCUT2D eigenvalue weighted by Crippen LogP contribution is -2.40. The van der Waals surface area contributed by atoms with Crippen LogP contribution in [0.4, 0.5) is 5.69 Å². The molecule has 28 heavy (non-hydrogen) atoms. The molecule has 2 aromatic carbocycles. The summed E-state index contributed by atoms with van der Waals surface area (Å²) < 4.78 is 0. The van der Waals surface area contributed by atoms with Crippen LogP contribution in [0, 0.1) is 0 Å². The van der Waals surface area contributed by atoms with Crippen LogP contribution in [0.1, 0.15) is 58.5 Å². The molecular weight excluding hydrogens is 378 g/mol. The first-order valence-corrected chi connectivity index (χ1v) is 9.77. The Kier molecular flexibility index (Phi) is 6.54. The van der Waals surface area contributed by atoms with Crippen LogP contribution in [0.3, 0.4) is 0 Å². The molecule has 2 aromatic rings. The van der Waals surface area contributed by atoms with E-state index in [1.807, 2.05) is 19.1 Å². The number of aromatic carboxylic acids is 1. The van der Waals surface area contributed by atoms with Crippen LogP contribution < -0.4 is 15.8 Å². The summed E-state index contributed by atoms with van der Waals surface area (Å²) in [7, 11) is 0. The van der Waals surface area contributed by atoms with E-state index in [9.17, 15) is 9.59 Å². The zero-order valence-corrected chi connectivity index (χ0v) is 16.5. The van der Waals surface area contributed by atoms with Gasteiger partial charge < -0.3 is 10.0 Å². The van der Waals surface area contributed by atoms with Crippen LogP contribution in [-0.4, -0.2) is 30.1 Å². The molecule has 1 saturated heterocycles. The molecule has 6 nitrogen and oxygen atoms in total. The molecule has 1 heterocycles. The van der Waals surface area contributed by atoms with E-state index in [2.05, 4.69) is 15.8 Å². The van der Waals surface area contributed by atoms with Crippen molar-refractivity contribution in [1.82, 2.24) is 10.9 Å². The number of amides is 1. The summed E-state index contributed by atoms with van der Waals surface area (Å²) in [5.74, 6) is -1.22. The first-order chi connectivity index (χ1) is 13.5. The monoisotopic (exact) mass is 401 g/mol. The predicted molar refractivity (Wildman–Crippen MR) is 110 cm³/mol. The number of hydrogen-bond donors (Lipinski definition) is 3. The third-order valence-electron chi connectivity index (χ3n) is 4.96. The Morgan fingerprint density at radius 1 is 1.07 bits per heavy atom. The van der Waals surface area contributed by atoms with Crippen molar-refractivity contribution in [1.29, 1.82) is 0 Å². The summed E-state index contributed by atoms with van der Waals surface area (Å²) in [5.41, 5.74) is 8.26. The molecule has 3 rings (SSSR count). The van der Waals surface area contributed by atoms with Gasteiger partial charge in [-0.05, 0) is 62.1 Å². The van der Waals surface area contributed by atoms with Gasteiger partial charge in [-0.1, -0.05) is 23.7 Å². The number of hydrogen-bond acceptors (Lipinski definition) is 4. The summed E-state index contributed by atoms with van der Waals surface area (Å²) >= 11 is 6.13. The van der Waals surface area contributed by atoms with Gasteiger partial charge in [0.2, 0.25) is 0 Å². The first-order valence-electron chi connectivity index (χ1n) is 9.39. The molecule has 3 N–H and O–H groups in total. The maximum atomic E-state index is 12.8. The second-order valence-electron chi connectivity index (χ2n) is 6.96. The number of nitrogens with one attached hydrogen (secondary N) is 2. The Morgan fingerprint density at radius 2 is 1.75 bits per heavy atom. The van der Waals surface area contributed by atoms with E-state index >= 15 is 0 Å². The lowest BCUT2D eigenvalue weighted by Gasteiger charge is -2.30. The predicted octanol–water partition coefficient (Wildman–Crippen LogP) is 4.02. The largest absolute Gasteiger partial charge is 0.478 e. The van der Waals surface area contributed by atoms with E-state index in [0.717, 1.165) is 37.2 Å². The standard InChI is InChI=1S/C21H24ClN3O3/c1-14(15-5-7-16(8-6-15)21(27)28)23-24-20(26)18-13-17(22)9-10-19(18)25-11-3-2-4-12-25/h5-10,13-14,23H,2-4,11-12H2,1H3,(H,24,26)(H,27,28). The fraction of sp³-hybridized carbons (Fsp3) is 0.333. The highest BCUT2D eigenvalue weighted by molar-refractivity contribution is 6.31. The van der Waals surface area contributed by atoms with Gasteiger partial charge in [0.1, 0.15) is 0 Å². The Labute approximate surface area is 169 Å². The average molecular weight is 402 g/mol. The number of carbonyl (C=O) groups excluding carboxylic acids is 1. The minimum atomic E-state index is -0.966. The molecule has 0 bridgehead atoms. The highest BCUT2D eigenvalue weighted by atomic mass is 35.5. The van der Waals surface area contributed by atoms with E-state index in [4.69, 9.17) is 16.7 Å². The highest BCUT2D eigenvalue weighted by Crippen LogP contribution is 2.27. The number of benzene rings is 2. The van der Waals surface area contributed by atoms with Crippen molar-refractivity contribution in [3.63, 3.8) is 0 Å². The molecule has 1 aliphatic heterocycles. The summed E-state index contributed by atoms with van der Waals surface area (Å²) in [6.07, 6.45) is 3.45. The van der Waals surface area contributed by atoms with Gasteiger partial charge in [-0.3, -0.25) is 10.2 Å². The second-order valence-corrected chi connectivity index (χ2v) is 7.39. The smallest absolute Gasteiger partial charge is 0.335 e. The minimum Gasteiger partial charge on any atom is -0.478 e. The summed E-state index contributed by atoms with van der Waals surface area (Å²) in [4.78, 5) is 26.0. The second kappa shape index (κ2) is 9.08. The Morgan fingerprint density at radius 3 is 2.39 bits per heavy atom. The van der Waals surface area contributed by atoms with Crippen LogP contribution in [0.25, 0.3) is 0 Å². The molecule has 7 heteroatoms.